The quantitative estimate of drug-likeness (QED) is 0.750. The number of nitrogens with zero attached hydrogens (tertiary/aromatic N) is 1. The predicted molar refractivity (Wildman–Crippen MR) is 50.0 cm³/mol. The van der Waals surface area contributed by atoms with Crippen LogP contribution in [-0.2, 0) is 4.79 Å². The number of alkyl halides is 2. The number of carbonyl (C=O) groups is 2. The molecule has 0 aliphatic carbocycles. The molecule has 1 rings (SSSR count). The molecule has 2 N–H and O–H groups in total. The minimum Gasteiger partial charge on any atom is -0.480 e. The molecular weight excluding hydrogens is 230 g/mol. The molecule has 0 aromatic rings. The lowest BCUT2D eigenvalue weighted by Gasteiger charge is -2.20. The summed E-state index contributed by atoms with van der Waals surface area (Å²) in [4.78, 5) is 23.0. The molecular formula is C7H10F2N2O3S. The van der Waals surface area contributed by atoms with E-state index in [1.807, 2.05) is 5.32 Å². The van der Waals surface area contributed by atoms with Crippen molar-refractivity contribution < 1.29 is 23.5 Å². The molecule has 0 saturated carbocycles. The normalized spacial score (nSPS) is 20.7. The number of rotatable bonds is 3. The van der Waals surface area contributed by atoms with Gasteiger partial charge < -0.3 is 15.3 Å². The van der Waals surface area contributed by atoms with Crippen LogP contribution in [-0.4, -0.2) is 52.6 Å². The van der Waals surface area contributed by atoms with Crippen molar-refractivity contribution in [1.82, 2.24) is 10.2 Å². The summed E-state index contributed by atoms with van der Waals surface area (Å²) in [5.41, 5.74) is 0. The second-order valence-corrected chi connectivity index (χ2v) is 3.90. The number of carbonyl (C=O) groups excluding carboxylic acids is 1. The zero-order valence-electron chi connectivity index (χ0n) is 7.65. The Bertz CT molecular complexity index is 265. The van der Waals surface area contributed by atoms with Crippen molar-refractivity contribution in [2.24, 2.45) is 0 Å². The molecule has 86 valence electrons. The number of carboxylic acid groups (broad SMARTS) is 1. The van der Waals surface area contributed by atoms with Crippen LogP contribution >= 0.6 is 11.8 Å². The van der Waals surface area contributed by atoms with Gasteiger partial charge in [-0.25, -0.2) is 18.4 Å². The fraction of sp³-hybridized carbons (Fsp3) is 0.714. The number of nitrogens with one attached hydrogen (secondary N) is 1. The number of hydrogen-bond donors (Lipinski definition) is 2. The van der Waals surface area contributed by atoms with E-state index in [4.69, 9.17) is 5.11 Å². The Balaban J connectivity index is 2.47. The Morgan fingerprint density at radius 2 is 2.27 bits per heavy atom. The summed E-state index contributed by atoms with van der Waals surface area (Å²) in [5.74, 6) is -0.615. The highest BCUT2D eigenvalue weighted by molar-refractivity contribution is 7.99. The molecule has 1 heterocycles. The Labute approximate surface area is 88.8 Å². The van der Waals surface area contributed by atoms with E-state index in [0.29, 0.717) is 0 Å². The summed E-state index contributed by atoms with van der Waals surface area (Å²) in [5, 5.41) is 10.7. The molecule has 0 aromatic heterocycles. The van der Waals surface area contributed by atoms with Crippen LogP contribution in [0.25, 0.3) is 0 Å². The van der Waals surface area contributed by atoms with Crippen molar-refractivity contribution in [3.8, 4) is 0 Å². The van der Waals surface area contributed by atoms with E-state index in [1.54, 1.807) is 0 Å². The summed E-state index contributed by atoms with van der Waals surface area (Å²) >= 11 is 1.28. The first kappa shape index (κ1) is 12.0. The van der Waals surface area contributed by atoms with Gasteiger partial charge >= 0.3 is 12.0 Å². The molecule has 15 heavy (non-hydrogen) atoms. The molecule has 2 amide bonds. The van der Waals surface area contributed by atoms with Gasteiger partial charge in [-0.05, 0) is 0 Å². The first-order valence-electron chi connectivity index (χ1n) is 4.15. The minimum absolute atomic E-state index is 0.214. The Morgan fingerprint density at radius 3 is 2.80 bits per heavy atom. The molecule has 0 aromatic carbocycles. The Hall–Kier alpha value is -1.05. The average Bonchev–Trinajstić information content (AvgIpc) is 2.62. The van der Waals surface area contributed by atoms with Crippen molar-refractivity contribution in [3.05, 3.63) is 0 Å². The fourth-order valence-corrected chi connectivity index (χ4v) is 2.26. The molecule has 1 atom stereocenters. The number of hydrogen-bond acceptors (Lipinski definition) is 3. The number of aliphatic carboxylic acids is 1. The molecule has 1 saturated heterocycles. The third-order valence-electron chi connectivity index (χ3n) is 1.84. The van der Waals surface area contributed by atoms with Gasteiger partial charge in [0.2, 0.25) is 0 Å². The molecule has 0 unspecified atom stereocenters. The van der Waals surface area contributed by atoms with E-state index in [0.717, 1.165) is 4.90 Å². The van der Waals surface area contributed by atoms with E-state index < -0.39 is 31.0 Å². The summed E-state index contributed by atoms with van der Waals surface area (Å²) in [6, 6.07) is -1.68. The predicted octanol–water partition coefficient (Wildman–Crippen LogP) is 0.421. The number of amides is 2. The molecule has 0 spiro atoms. The zero-order chi connectivity index (χ0) is 11.4. The van der Waals surface area contributed by atoms with Gasteiger partial charge in [0.1, 0.15) is 6.04 Å². The van der Waals surface area contributed by atoms with Crippen LogP contribution in [0.1, 0.15) is 0 Å². The SMILES string of the molecule is O=C(O)[C@@H]1CSCN1C(=O)NCC(F)F. The van der Waals surface area contributed by atoms with E-state index in [9.17, 15) is 18.4 Å². The van der Waals surface area contributed by atoms with Gasteiger partial charge in [0.15, 0.2) is 0 Å². The molecule has 0 radical (unpaired) electrons. The van der Waals surface area contributed by atoms with Crippen LogP contribution in [0.3, 0.4) is 0 Å². The number of urea groups is 1. The van der Waals surface area contributed by atoms with Crippen molar-refractivity contribution in [1.29, 1.82) is 0 Å². The molecule has 1 aliphatic heterocycles. The number of carboxylic acids is 1. The highest BCUT2D eigenvalue weighted by atomic mass is 32.2. The zero-order valence-corrected chi connectivity index (χ0v) is 8.47. The summed E-state index contributed by atoms with van der Waals surface area (Å²) in [7, 11) is 0. The molecule has 5 nitrogen and oxygen atoms in total. The van der Waals surface area contributed by atoms with Gasteiger partial charge in [-0.1, -0.05) is 0 Å². The Morgan fingerprint density at radius 1 is 1.60 bits per heavy atom. The Kier molecular flexibility index (Phi) is 4.13. The maximum Gasteiger partial charge on any atom is 0.327 e. The monoisotopic (exact) mass is 240 g/mol. The smallest absolute Gasteiger partial charge is 0.327 e. The van der Waals surface area contributed by atoms with Crippen molar-refractivity contribution in [2.45, 2.75) is 12.5 Å². The van der Waals surface area contributed by atoms with E-state index in [2.05, 4.69) is 0 Å². The van der Waals surface area contributed by atoms with Crippen LogP contribution in [0.15, 0.2) is 0 Å². The number of thioether (sulfide) groups is 1. The van der Waals surface area contributed by atoms with E-state index >= 15 is 0 Å². The second-order valence-electron chi connectivity index (χ2n) is 2.90. The van der Waals surface area contributed by atoms with Crippen LogP contribution < -0.4 is 5.32 Å². The van der Waals surface area contributed by atoms with Gasteiger partial charge in [0.25, 0.3) is 6.43 Å². The van der Waals surface area contributed by atoms with Gasteiger partial charge in [-0.2, -0.15) is 0 Å². The fourth-order valence-electron chi connectivity index (χ4n) is 1.11. The largest absolute Gasteiger partial charge is 0.480 e. The molecule has 8 heteroatoms. The molecule has 1 fully saturated rings. The lowest BCUT2D eigenvalue weighted by atomic mass is 10.3. The van der Waals surface area contributed by atoms with Crippen LogP contribution in [0, 0.1) is 0 Å². The highest BCUT2D eigenvalue weighted by Gasteiger charge is 2.34. The lowest BCUT2D eigenvalue weighted by Crippen LogP contribution is -2.47. The third kappa shape index (κ3) is 3.22. The standard InChI is InChI=1S/C7H10F2N2O3S/c8-5(9)1-10-7(14)11-3-15-2-4(11)6(12)13/h4-5H,1-3H2,(H,10,14)(H,12,13)/t4-/m0/s1. The molecule has 1 aliphatic rings. The maximum absolute atomic E-state index is 11.8. The lowest BCUT2D eigenvalue weighted by molar-refractivity contribution is -0.140. The average molecular weight is 240 g/mol. The van der Waals surface area contributed by atoms with Crippen molar-refractivity contribution in [2.75, 3.05) is 18.2 Å². The summed E-state index contributed by atoms with van der Waals surface area (Å²) in [6.07, 6.45) is -2.63. The van der Waals surface area contributed by atoms with E-state index in [1.165, 1.54) is 11.8 Å². The molecule has 0 bridgehead atoms. The first-order chi connectivity index (χ1) is 7.02. The van der Waals surface area contributed by atoms with Gasteiger partial charge in [0, 0.05) is 5.75 Å². The second kappa shape index (κ2) is 5.15. The van der Waals surface area contributed by atoms with Crippen LogP contribution in [0.5, 0.6) is 0 Å². The first-order valence-corrected chi connectivity index (χ1v) is 5.31. The van der Waals surface area contributed by atoms with Gasteiger partial charge in [-0.3, -0.25) is 0 Å². The number of halogens is 2. The van der Waals surface area contributed by atoms with Crippen molar-refractivity contribution >= 4 is 23.8 Å². The van der Waals surface area contributed by atoms with Crippen LogP contribution in [0.4, 0.5) is 13.6 Å². The summed E-state index contributed by atoms with van der Waals surface area (Å²) < 4.78 is 23.6. The van der Waals surface area contributed by atoms with Gasteiger partial charge in [0.05, 0.1) is 12.4 Å². The summed E-state index contributed by atoms with van der Waals surface area (Å²) in [6.45, 7) is -0.758. The van der Waals surface area contributed by atoms with Gasteiger partial charge in [-0.15, -0.1) is 11.8 Å². The topological polar surface area (TPSA) is 69.6 Å². The minimum atomic E-state index is -2.63. The highest BCUT2D eigenvalue weighted by Crippen LogP contribution is 2.20. The third-order valence-corrected chi connectivity index (χ3v) is 2.85. The van der Waals surface area contributed by atoms with E-state index in [-0.39, 0.29) is 11.6 Å². The van der Waals surface area contributed by atoms with Crippen molar-refractivity contribution in [3.63, 3.8) is 0 Å². The maximum atomic E-state index is 11.8. The van der Waals surface area contributed by atoms with Crippen LogP contribution in [0.2, 0.25) is 0 Å².